The molecule has 1 N–H and O–H groups in total. The molecule has 1 unspecified atom stereocenters. The van der Waals surface area contributed by atoms with Gasteiger partial charge in [0, 0.05) is 47.7 Å². The number of halogens is 1. The molecule has 2 aromatic heterocycles. The quantitative estimate of drug-likeness (QED) is 0.532. The fourth-order valence-electron chi connectivity index (χ4n) is 3.78. The molecule has 3 heterocycles. The monoisotopic (exact) mass is 406 g/mol. The molecule has 5 rings (SSSR count). The first-order valence-corrected chi connectivity index (χ1v) is 9.97. The minimum absolute atomic E-state index is 0.0422. The van der Waals surface area contributed by atoms with Crippen LogP contribution in [0.2, 0.25) is 5.02 Å². The van der Waals surface area contributed by atoms with Crippen molar-refractivity contribution in [3.63, 3.8) is 0 Å². The van der Waals surface area contributed by atoms with Crippen LogP contribution in [0.4, 0.5) is 0 Å². The van der Waals surface area contributed by atoms with Crippen LogP contribution in [0, 0.1) is 0 Å². The third kappa shape index (κ3) is 3.63. The molecule has 0 bridgehead atoms. The summed E-state index contributed by atoms with van der Waals surface area (Å²) in [5.74, 6) is 1.15. The van der Waals surface area contributed by atoms with Gasteiger partial charge < -0.3 is 14.4 Å². The van der Waals surface area contributed by atoms with Crippen LogP contribution < -0.4 is 0 Å². The van der Waals surface area contributed by atoms with E-state index >= 15 is 0 Å². The van der Waals surface area contributed by atoms with E-state index in [4.69, 9.17) is 16.1 Å². The summed E-state index contributed by atoms with van der Waals surface area (Å²) in [7, 11) is 0. The van der Waals surface area contributed by atoms with E-state index in [1.165, 1.54) is 0 Å². The molecule has 1 saturated heterocycles. The average molecular weight is 407 g/mol. The summed E-state index contributed by atoms with van der Waals surface area (Å²) in [6.07, 6.45) is 3.11. The Balaban J connectivity index is 1.27. The van der Waals surface area contributed by atoms with Crippen LogP contribution in [-0.2, 0) is 11.2 Å². The SMILES string of the molecule is O=C1CC(c2noc(-c3ccc4cc[nH]c4c3)n2)CN1CCc1ccc(Cl)cc1. The number of hydrogen-bond acceptors (Lipinski definition) is 4. The molecule has 0 radical (unpaired) electrons. The molecule has 1 aliphatic heterocycles. The Morgan fingerprint density at radius 2 is 2.03 bits per heavy atom. The standard InChI is InChI=1S/C22H19ClN4O2/c23-18-5-1-14(2-6-18)8-10-27-13-17(12-20(27)28)21-25-22(29-26-21)16-4-3-15-7-9-24-19(15)11-16/h1-7,9,11,17,24H,8,10,12-13H2. The molecule has 1 aliphatic rings. The summed E-state index contributed by atoms with van der Waals surface area (Å²) < 4.78 is 5.48. The highest BCUT2D eigenvalue weighted by molar-refractivity contribution is 6.30. The molecule has 0 spiro atoms. The van der Waals surface area contributed by atoms with E-state index in [9.17, 15) is 4.79 Å². The predicted molar refractivity (Wildman–Crippen MR) is 111 cm³/mol. The number of likely N-dealkylation sites (tertiary alicyclic amines) is 1. The van der Waals surface area contributed by atoms with Crippen molar-refractivity contribution in [3.8, 4) is 11.5 Å². The lowest BCUT2D eigenvalue weighted by molar-refractivity contribution is -0.127. The largest absolute Gasteiger partial charge is 0.361 e. The fraction of sp³-hybridized carbons (Fsp3) is 0.227. The summed E-state index contributed by atoms with van der Waals surface area (Å²) in [5, 5.41) is 6.00. The molecule has 4 aromatic rings. The number of carbonyl (C=O) groups excluding carboxylic acids is 1. The van der Waals surface area contributed by atoms with Crippen molar-refractivity contribution < 1.29 is 9.32 Å². The van der Waals surface area contributed by atoms with Crippen molar-refractivity contribution in [3.05, 3.63) is 71.1 Å². The van der Waals surface area contributed by atoms with Gasteiger partial charge in [0.05, 0.1) is 0 Å². The van der Waals surface area contributed by atoms with E-state index in [0.717, 1.165) is 33.5 Å². The van der Waals surface area contributed by atoms with E-state index in [2.05, 4.69) is 15.1 Å². The van der Waals surface area contributed by atoms with Crippen LogP contribution in [-0.4, -0.2) is 39.0 Å². The van der Waals surface area contributed by atoms with Gasteiger partial charge in [-0.05, 0) is 47.7 Å². The summed E-state index contributed by atoms with van der Waals surface area (Å²) in [6, 6.07) is 15.7. The Labute approximate surface area is 172 Å². The molecule has 6 nitrogen and oxygen atoms in total. The van der Waals surface area contributed by atoms with Gasteiger partial charge in [-0.25, -0.2) is 0 Å². The topological polar surface area (TPSA) is 75.0 Å². The number of hydrogen-bond donors (Lipinski definition) is 1. The number of aromatic amines is 1. The number of fused-ring (bicyclic) bond motifs is 1. The molecule has 29 heavy (non-hydrogen) atoms. The van der Waals surface area contributed by atoms with Gasteiger partial charge in [0.1, 0.15) is 0 Å². The maximum absolute atomic E-state index is 12.4. The van der Waals surface area contributed by atoms with Crippen molar-refractivity contribution in [1.82, 2.24) is 20.0 Å². The second kappa shape index (κ2) is 7.37. The Morgan fingerprint density at radius 1 is 1.17 bits per heavy atom. The highest BCUT2D eigenvalue weighted by atomic mass is 35.5. The van der Waals surface area contributed by atoms with Crippen molar-refractivity contribution in [1.29, 1.82) is 0 Å². The van der Waals surface area contributed by atoms with Gasteiger partial charge in [-0.2, -0.15) is 4.98 Å². The smallest absolute Gasteiger partial charge is 0.258 e. The Bertz CT molecular complexity index is 1170. The van der Waals surface area contributed by atoms with Crippen molar-refractivity contribution in [2.45, 2.75) is 18.8 Å². The molecule has 146 valence electrons. The first-order valence-electron chi connectivity index (χ1n) is 9.59. The minimum Gasteiger partial charge on any atom is -0.361 e. The van der Waals surface area contributed by atoms with Gasteiger partial charge in [0.25, 0.3) is 5.89 Å². The van der Waals surface area contributed by atoms with Crippen LogP contribution in [0.15, 0.2) is 59.3 Å². The number of benzene rings is 2. The summed E-state index contributed by atoms with van der Waals surface area (Å²) >= 11 is 5.93. The van der Waals surface area contributed by atoms with Crippen LogP contribution >= 0.6 is 11.6 Å². The maximum atomic E-state index is 12.4. The molecular formula is C22H19ClN4O2. The Morgan fingerprint density at radius 3 is 2.90 bits per heavy atom. The highest BCUT2D eigenvalue weighted by Crippen LogP contribution is 2.29. The normalized spacial score (nSPS) is 16.8. The zero-order valence-electron chi connectivity index (χ0n) is 15.6. The summed E-state index contributed by atoms with van der Waals surface area (Å²) in [5.41, 5.74) is 3.04. The molecular weight excluding hydrogens is 388 g/mol. The van der Waals surface area contributed by atoms with Gasteiger partial charge >= 0.3 is 0 Å². The first-order chi connectivity index (χ1) is 14.2. The molecule has 1 atom stereocenters. The van der Waals surface area contributed by atoms with Crippen molar-refractivity contribution >= 4 is 28.4 Å². The van der Waals surface area contributed by atoms with Crippen molar-refractivity contribution in [2.24, 2.45) is 0 Å². The van der Waals surface area contributed by atoms with Crippen LogP contribution in [0.25, 0.3) is 22.4 Å². The molecule has 1 amide bonds. The lowest BCUT2D eigenvalue weighted by Gasteiger charge is -2.15. The number of H-pyrrole nitrogens is 1. The zero-order valence-corrected chi connectivity index (χ0v) is 16.4. The Kier molecular flexibility index (Phi) is 4.56. The first kappa shape index (κ1) is 17.9. The number of carbonyl (C=O) groups is 1. The van der Waals surface area contributed by atoms with Gasteiger partial charge in [-0.15, -0.1) is 0 Å². The van der Waals surface area contributed by atoms with E-state index in [1.807, 2.05) is 59.6 Å². The van der Waals surface area contributed by atoms with Gasteiger partial charge in [-0.3, -0.25) is 4.79 Å². The molecule has 0 aliphatic carbocycles. The van der Waals surface area contributed by atoms with Gasteiger partial charge in [-0.1, -0.05) is 35.0 Å². The number of nitrogens with one attached hydrogen (secondary N) is 1. The van der Waals surface area contributed by atoms with Crippen molar-refractivity contribution in [2.75, 3.05) is 13.1 Å². The lowest BCUT2D eigenvalue weighted by Crippen LogP contribution is -2.27. The summed E-state index contributed by atoms with van der Waals surface area (Å²) in [6.45, 7) is 1.28. The van der Waals surface area contributed by atoms with E-state index in [1.54, 1.807) is 0 Å². The zero-order chi connectivity index (χ0) is 19.8. The maximum Gasteiger partial charge on any atom is 0.258 e. The predicted octanol–water partition coefficient (Wildman–Crippen LogP) is 4.43. The van der Waals surface area contributed by atoms with E-state index in [0.29, 0.717) is 31.2 Å². The lowest BCUT2D eigenvalue weighted by atomic mass is 10.1. The number of amides is 1. The van der Waals surface area contributed by atoms with E-state index in [-0.39, 0.29) is 11.8 Å². The van der Waals surface area contributed by atoms with Crippen LogP contribution in [0.1, 0.15) is 23.7 Å². The Hall–Kier alpha value is -3.12. The molecule has 7 heteroatoms. The van der Waals surface area contributed by atoms with E-state index < -0.39 is 0 Å². The van der Waals surface area contributed by atoms with Crippen LogP contribution in [0.3, 0.4) is 0 Å². The number of rotatable bonds is 5. The number of nitrogens with zero attached hydrogens (tertiary/aromatic N) is 3. The second-order valence-electron chi connectivity index (χ2n) is 7.35. The van der Waals surface area contributed by atoms with Crippen LogP contribution in [0.5, 0.6) is 0 Å². The third-order valence-electron chi connectivity index (χ3n) is 5.41. The number of aromatic nitrogens is 3. The minimum atomic E-state index is -0.0422. The van der Waals surface area contributed by atoms with Gasteiger partial charge in [0.2, 0.25) is 5.91 Å². The fourth-order valence-corrected chi connectivity index (χ4v) is 3.90. The highest BCUT2D eigenvalue weighted by Gasteiger charge is 2.33. The second-order valence-corrected chi connectivity index (χ2v) is 7.79. The average Bonchev–Trinajstić information content (AvgIpc) is 3.46. The molecule has 1 fully saturated rings. The third-order valence-corrected chi connectivity index (χ3v) is 5.66. The molecule has 2 aromatic carbocycles. The van der Waals surface area contributed by atoms with Gasteiger partial charge in [0.15, 0.2) is 5.82 Å². The molecule has 0 saturated carbocycles. The summed E-state index contributed by atoms with van der Waals surface area (Å²) in [4.78, 5) is 22.1.